The maximum atomic E-state index is 12.1. The van der Waals surface area contributed by atoms with Crippen LogP contribution in [0.4, 0.5) is 11.4 Å². The Labute approximate surface area is 131 Å². The molecular weight excluding hydrogens is 348 g/mol. The Morgan fingerprint density at radius 2 is 1.30 bits per heavy atom. The monoisotopic (exact) mass is 358 g/mol. The molecule has 0 bridgehead atoms. The van der Waals surface area contributed by atoms with E-state index in [1.807, 2.05) is 0 Å². The van der Waals surface area contributed by atoms with Crippen molar-refractivity contribution in [1.29, 1.82) is 0 Å². The van der Waals surface area contributed by atoms with E-state index in [0.29, 0.717) is 0 Å². The summed E-state index contributed by atoms with van der Waals surface area (Å²) < 4.78 is 63.2. The van der Waals surface area contributed by atoms with Crippen molar-refractivity contribution in [1.82, 2.24) is 0 Å². The van der Waals surface area contributed by atoms with Crippen molar-refractivity contribution in [3.8, 4) is 0 Å². The van der Waals surface area contributed by atoms with Gasteiger partial charge in [-0.05, 0) is 23.1 Å². The van der Waals surface area contributed by atoms with Crippen molar-refractivity contribution < 1.29 is 30.8 Å². The van der Waals surface area contributed by atoms with Gasteiger partial charge >= 0.3 is 10.1 Å². The zero-order valence-electron chi connectivity index (χ0n) is 11.3. The molecule has 23 heavy (non-hydrogen) atoms. The van der Waals surface area contributed by atoms with E-state index < -0.39 is 41.4 Å². The number of nitrogens with zero attached hydrogens (tertiary/aromatic N) is 2. The second-order valence-corrected chi connectivity index (χ2v) is 7.04. The predicted octanol–water partition coefficient (Wildman–Crippen LogP) is 2.11. The molecule has 11 heteroatoms. The second-order valence-electron chi connectivity index (χ2n) is 4.26. The van der Waals surface area contributed by atoms with Crippen LogP contribution in [0.2, 0.25) is 0 Å². The largest absolute Gasteiger partial charge is 0.594 e. The van der Waals surface area contributed by atoms with Crippen LogP contribution < -0.4 is 0 Å². The van der Waals surface area contributed by atoms with E-state index in [2.05, 4.69) is 5.11 Å². The number of azo groups is 1. The molecule has 0 aliphatic carbocycles. The van der Waals surface area contributed by atoms with E-state index in [0.717, 1.165) is 24.3 Å². The molecule has 0 fully saturated rings. The summed E-state index contributed by atoms with van der Waals surface area (Å²) in [5.41, 5.74) is -0.907. The summed E-state index contributed by atoms with van der Waals surface area (Å²) in [5, 5.41) is 15.5. The molecule has 0 atom stereocenters. The first-order valence-electron chi connectivity index (χ1n) is 5.92. The molecule has 0 aromatic heterocycles. The number of hydrogen-bond donors (Lipinski definition) is 2. The molecule has 0 aliphatic heterocycles. The van der Waals surface area contributed by atoms with Gasteiger partial charge in [-0.1, -0.05) is 24.3 Å². The molecule has 9 nitrogen and oxygen atoms in total. The number of benzene rings is 2. The molecule has 0 unspecified atom stereocenters. The molecule has 2 N–H and O–H groups in total. The second kappa shape index (κ2) is 6.04. The van der Waals surface area contributed by atoms with Crippen LogP contribution in [-0.2, 0) is 20.2 Å². The summed E-state index contributed by atoms with van der Waals surface area (Å²) in [6, 6.07) is 9.53. The maximum absolute atomic E-state index is 12.1. The van der Waals surface area contributed by atoms with Crippen LogP contribution in [0.1, 0.15) is 0 Å². The summed E-state index contributed by atoms with van der Waals surface area (Å²) >= 11 is 0. The molecule has 0 aliphatic rings. The van der Waals surface area contributed by atoms with Gasteiger partial charge in [0.15, 0.2) is 10.6 Å². The Bertz CT molecular complexity index is 982. The van der Waals surface area contributed by atoms with Gasteiger partial charge in [0.05, 0.1) is 0 Å². The van der Waals surface area contributed by atoms with Gasteiger partial charge in [0.1, 0.15) is 4.90 Å². The highest BCUT2D eigenvalue weighted by Crippen LogP contribution is 2.28. The fourth-order valence-electron chi connectivity index (χ4n) is 1.74. The maximum Gasteiger partial charge on any atom is 0.301 e. The normalized spacial score (nSPS) is 13.0. The third kappa shape index (κ3) is 3.90. The summed E-state index contributed by atoms with van der Waals surface area (Å²) in [5.74, 6) is 0. The summed E-state index contributed by atoms with van der Waals surface area (Å²) in [6.45, 7) is 0. The topological polar surface area (TPSA) is 147 Å². The summed E-state index contributed by atoms with van der Waals surface area (Å²) in [6.07, 6.45) is 0. The lowest BCUT2D eigenvalue weighted by Crippen LogP contribution is -2.04. The molecule has 0 saturated carbocycles. The highest BCUT2D eigenvalue weighted by atomic mass is 32.2. The SMILES string of the molecule is O=S(=O)(O)c1ccccc1N=[N+]([O-])c1ccccc1S(=O)(=O)O. The lowest BCUT2D eigenvalue weighted by Gasteiger charge is -2.05. The highest BCUT2D eigenvalue weighted by molar-refractivity contribution is 7.86. The molecule has 0 amide bonds. The quantitative estimate of drug-likeness (QED) is 0.368. The standard InChI is InChI=1S/C12H10N2O7S2/c15-14(10-6-2-4-8-12(10)23(19,20)21)13-9-5-1-3-7-11(9)22(16,17)18/h1-8H,(H,16,17,18)(H,19,20,21). The summed E-state index contributed by atoms with van der Waals surface area (Å²) in [4.78, 5) is -1.47. The van der Waals surface area contributed by atoms with E-state index >= 15 is 0 Å². The Morgan fingerprint density at radius 3 is 1.87 bits per heavy atom. The van der Waals surface area contributed by atoms with Crippen LogP contribution in [0.25, 0.3) is 0 Å². The predicted molar refractivity (Wildman–Crippen MR) is 77.9 cm³/mol. The van der Waals surface area contributed by atoms with E-state index in [-0.39, 0.29) is 4.86 Å². The van der Waals surface area contributed by atoms with E-state index in [4.69, 9.17) is 9.11 Å². The van der Waals surface area contributed by atoms with Crippen molar-refractivity contribution in [2.24, 2.45) is 5.11 Å². The Kier molecular flexibility index (Phi) is 4.47. The Balaban J connectivity index is 2.65. The van der Waals surface area contributed by atoms with Crippen molar-refractivity contribution >= 4 is 31.6 Å². The van der Waals surface area contributed by atoms with Gasteiger partial charge in [0.2, 0.25) is 0 Å². The molecule has 0 heterocycles. The van der Waals surface area contributed by atoms with Gasteiger partial charge in [-0.2, -0.15) is 16.8 Å². The van der Waals surface area contributed by atoms with Crippen LogP contribution in [0.15, 0.2) is 63.4 Å². The van der Waals surface area contributed by atoms with Crippen molar-refractivity contribution in [2.45, 2.75) is 9.79 Å². The molecular formula is C12H10N2O7S2. The molecule has 2 rings (SSSR count). The molecule has 0 spiro atoms. The van der Waals surface area contributed by atoms with Crippen LogP contribution in [0.3, 0.4) is 0 Å². The lowest BCUT2D eigenvalue weighted by molar-refractivity contribution is -0.438. The third-order valence-corrected chi connectivity index (χ3v) is 4.49. The fraction of sp³-hybridized carbons (Fsp3) is 0. The highest BCUT2D eigenvalue weighted by Gasteiger charge is 2.23. The van der Waals surface area contributed by atoms with E-state index in [9.17, 15) is 22.0 Å². The van der Waals surface area contributed by atoms with Crippen LogP contribution in [-0.4, -0.2) is 30.8 Å². The Hall–Kier alpha value is -2.34. The minimum atomic E-state index is -4.68. The van der Waals surface area contributed by atoms with Crippen molar-refractivity contribution in [3.63, 3.8) is 0 Å². The van der Waals surface area contributed by atoms with Gasteiger partial charge < -0.3 is 5.21 Å². The van der Waals surface area contributed by atoms with Crippen LogP contribution >= 0.6 is 0 Å². The van der Waals surface area contributed by atoms with Crippen molar-refractivity contribution in [2.75, 3.05) is 0 Å². The Morgan fingerprint density at radius 1 is 0.826 bits per heavy atom. The summed E-state index contributed by atoms with van der Waals surface area (Å²) in [7, 11) is -9.31. The fourth-order valence-corrected chi connectivity index (χ4v) is 3.03. The van der Waals surface area contributed by atoms with Gasteiger partial charge in [-0.15, -0.1) is 0 Å². The minimum absolute atomic E-state index is 0.160. The van der Waals surface area contributed by atoms with Crippen LogP contribution in [0, 0.1) is 5.21 Å². The van der Waals surface area contributed by atoms with Crippen LogP contribution in [0.5, 0.6) is 0 Å². The molecule has 0 saturated heterocycles. The molecule has 122 valence electrons. The van der Waals surface area contributed by atoms with Crippen molar-refractivity contribution in [3.05, 3.63) is 53.7 Å². The number of para-hydroxylation sites is 1. The van der Waals surface area contributed by atoms with Gasteiger partial charge in [-0.25, -0.2) is 0 Å². The van der Waals surface area contributed by atoms with E-state index in [1.165, 1.54) is 24.3 Å². The third-order valence-electron chi connectivity index (χ3n) is 2.69. The van der Waals surface area contributed by atoms with Gasteiger partial charge in [0, 0.05) is 11.2 Å². The average molecular weight is 358 g/mol. The smallest absolute Gasteiger partial charge is 0.301 e. The van der Waals surface area contributed by atoms with E-state index in [1.54, 1.807) is 0 Å². The minimum Gasteiger partial charge on any atom is -0.594 e. The average Bonchev–Trinajstić information content (AvgIpc) is 2.46. The lowest BCUT2D eigenvalue weighted by atomic mass is 10.3. The molecule has 2 aromatic carbocycles. The number of hydrogen-bond acceptors (Lipinski definition) is 6. The zero-order chi connectivity index (χ0) is 17.3. The van der Waals surface area contributed by atoms with Gasteiger partial charge in [0.25, 0.3) is 15.8 Å². The first-order chi connectivity index (χ1) is 10.6. The molecule has 0 radical (unpaired) electrons. The first-order valence-corrected chi connectivity index (χ1v) is 8.80. The molecule has 2 aromatic rings. The first kappa shape index (κ1) is 17.0. The number of rotatable bonds is 4. The zero-order valence-corrected chi connectivity index (χ0v) is 12.9. The van der Waals surface area contributed by atoms with Gasteiger partial charge in [-0.3, -0.25) is 9.11 Å².